The van der Waals surface area contributed by atoms with E-state index in [1.807, 2.05) is 6.20 Å². The maximum Gasteiger partial charge on any atom is 0.137 e. The van der Waals surface area contributed by atoms with Gasteiger partial charge in [-0.3, -0.25) is 4.98 Å². The quantitative estimate of drug-likeness (QED) is 0.221. The number of allylic oxidation sites excluding steroid dienone is 1. The van der Waals surface area contributed by atoms with Crippen LogP contribution in [0.4, 0.5) is 0 Å². The van der Waals surface area contributed by atoms with E-state index in [-0.39, 0.29) is 0 Å². The maximum atomic E-state index is 6.35. The fraction of sp³-hybridized carbons (Fsp3) is 0.111. The molecule has 7 aromatic rings. The van der Waals surface area contributed by atoms with Crippen LogP contribution in [0.15, 0.2) is 102 Å². The van der Waals surface area contributed by atoms with Crippen molar-refractivity contribution in [1.82, 2.24) is 9.97 Å². The normalized spacial score (nSPS) is 15.0. The predicted molar refractivity (Wildman–Crippen MR) is 162 cm³/mol. The summed E-state index contributed by atoms with van der Waals surface area (Å²) in [5, 5.41) is 5.87. The molecule has 0 bridgehead atoms. The topological polar surface area (TPSA) is 38.9 Å². The molecule has 0 spiro atoms. The molecule has 1 aliphatic carbocycles. The van der Waals surface area contributed by atoms with Crippen LogP contribution in [0.3, 0.4) is 0 Å². The first-order chi connectivity index (χ1) is 19.2. The monoisotopic (exact) mass is 502 g/mol. The predicted octanol–water partition coefficient (Wildman–Crippen LogP) is 9.85. The van der Waals surface area contributed by atoms with Gasteiger partial charge in [-0.1, -0.05) is 85.8 Å². The van der Waals surface area contributed by atoms with Gasteiger partial charge in [0, 0.05) is 33.2 Å². The van der Waals surface area contributed by atoms with Gasteiger partial charge in [-0.2, -0.15) is 0 Å². The average Bonchev–Trinajstić information content (AvgIpc) is 3.38. The molecular formula is C36H26N2O. The Labute approximate surface area is 226 Å². The Morgan fingerprint density at radius 3 is 2.23 bits per heavy atom. The van der Waals surface area contributed by atoms with E-state index in [1.165, 1.54) is 27.3 Å². The lowest BCUT2D eigenvalue weighted by atomic mass is 9.92. The molecule has 3 heteroatoms. The van der Waals surface area contributed by atoms with Crippen LogP contribution in [0.5, 0.6) is 0 Å². The molecule has 0 amide bonds. The summed E-state index contributed by atoms with van der Waals surface area (Å²) in [7, 11) is 0. The van der Waals surface area contributed by atoms with Gasteiger partial charge in [0.2, 0.25) is 0 Å². The van der Waals surface area contributed by atoms with Crippen LogP contribution in [0.2, 0.25) is 0 Å². The van der Waals surface area contributed by atoms with Gasteiger partial charge in [0.15, 0.2) is 0 Å². The van der Waals surface area contributed by atoms with Crippen LogP contribution in [0.1, 0.15) is 36.1 Å². The highest BCUT2D eigenvalue weighted by Crippen LogP contribution is 2.40. The van der Waals surface area contributed by atoms with Crippen LogP contribution in [0.25, 0.3) is 72.0 Å². The van der Waals surface area contributed by atoms with Crippen LogP contribution in [0, 0.1) is 6.92 Å². The largest absolute Gasteiger partial charge is 0.460 e. The fourth-order valence-corrected chi connectivity index (χ4v) is 6.23. The number of fused-ring (bicyclic) bond motifs is 9. The summed E-state index contributed by atoms with van der Waals surface area (Å²) in [6.45, 7) is 4.38. The second kappa shape index (κ2) is 8.37. The molecule has 5 aromatic carbocycles. The summed E-state index contributed by atoms with van der Waals surface area (Å²) >= 11 is 0. The minimum atomic E-state index is 0.406. The van der Waals surface area contributed by atoms with Gasteiger partial charge in [0.05, 0.1) is 22.9 Å². The highest BCUT2D eigenvalue weighted by Gasteiger charge is 2.22. The zero-order valence-electron chi connectivity index (χ0n) is 21.9. The van der Waals surface area contributed by atoms with Crippen molar-refractivity contribution in [3.05, 3.63) is 114 Å². The Kier molecular flexibility index (Phi) is 4.78. The minimum absolute atomic E-state index is 0.406. The number of furan rings is 1. The molecule has 0 aliphatic heterocycles. The smallest absolute Gasteiger partial charge is 0.137 e. The molecule has 0 fully saturated rings. The van der Waals surface area contributed by atoms with Crippen molar-refractivity contribution < 1.29 is 4.42 Å². The fourth-order valence-electron chi connectivity index (χ4n) is 6.23. The molecule has 0 saturated heterocycles. The van der Waals surface area contributed by atoms with E-state index in [9.17, 15) is 0 Å². The molecular weight excluding hydrogens is 476 g/mol. The van der Waals surface area contributed by atoms with Crippen molar-refractivity contribution in [1.29, 1.82) is 0 Å². The lowest BCUT2D eigenvalue weighted by Crippen LogP contribution is -1.95. The lowest BCUT2D eigenvalue weighted by Gasteiger charge is -2.11. The number of benzene rings is 5. The molecule has 1 unspecified atom stereocenters. The van der Waals surface area contributed by atoms with E-state index >= 15 is 0 Å². The second-order valence-corrected chi connectivity index (χ2v) is 10.7. The maximum absolute atomic E-state index is 6.35. The summed E-state index contributed by atoms with van der Waals surface area (Å²) in [5.74, 6) is 1.51. The highest BCUT2D eigenvalue weighted by molar-refractivity contribution is 6.23. The Morgan fingerprint density at radius 1 is 0.718 bits per heavy atom. The van der Waals surface area contributed by atoms with E-state index < -0.39 is 0 Å². The Balaban J connectivity index is 1.30. The second-order valence-electron chi connectivity index (χ2n) is 10.7. The first-order valence-corrected chi connectivity index (χ1v) is 13.6. The van der Waals surface area contributed by atoms with Gasteiger partial charge in [0.1, 0.15) is 11.3 Å². The lowest BCUT2D eigenvalue weighted by molar-refractivity contribution is 0.502. The van der Waals surface area contributed by atoms with Gasteiger partial charge < -0.3 is 4.42 Å². The van der Waals surface area contributed by atoms with Crippen molar-refractivity contribution in [2.75, 3.05) is 0 Å². The first-order valence-electron chi connectivity index (χ1n) is 13.6. The van der Waals surface area contributed by atoms with Gasteiger partial charge >= 0.3 is 0 Å². The summed E-state index contributed by atoms with van der Waals surface area (Å²) < 4.78 is 6.35. The molecule has 1 atom stereocenters. The number of nitrogens with zero attached hydrogens (tertiary/aromatic N) is 2. The molecule has 0 saturated carbocycles. The molecule has 3 nitrogen and oxygen atoms in total. The third kappa shape index (κ3) is 3.36. The van der Waals surface area contributed by atoms with Crippen LogP contribution >= 0.6 is 0 Å². The molecule has 186 valence electrons. The van der Waals surface area contributed by atoms with Crippen LogP contribution in [-0.4, -0.2) is 9.97 Å². The molecule has 2 aromatic heterocycles. The molecule has 2 heterocycles. The summed E-state index contributed by atoms with van der Waals surface area (Å²) in [6, 6.07) is 30.1. The number of aryl methyl sites for hydroxylation is 1. The molecule has 0 radical (unpaired) electrons. The van der Waals surface area contributed by atoms with Gasteiger partial charge in [-0.05, 0) is 59.0 Å². The summed E-state index contributed by atoms with van der Waals surface area (Å²) in [4.78, 5) is 10.2. The zero-order chi connectivity index (χ0) is 26.1. The number of hydrogen-bond donors (Lipinski definition) is 0. The highest BCUT2D eigenvalue weighted by atomic mass is 16.3. The van der Waals surface area contributed by atoms with E-state index in [0.29, 0.717) is 5.92 Å². The average molecular weight is 503 g/mol. The van der Waals surface area contributed by atoms with E-state index in [4.69, 9.17) is 14.4 Å². The van der Waals surface area contributed by atoms with Crippen molar-refractivity contribution in [3.8, 4) is 22.4 Å². The van der Waals surface area contributed by atoms with Crippen molar-refractivity contribution in [2.45, 2.75) is 26.2 Å². The third-order valence-corrected chi connectivity index (χ3v) is 8.18. The summed E-state index contributed by atoms with van der Waals surface area (Å²) in [5.41, 5.74) is 9.54. The van der Waals surface area contributed by atoms with Crippen molar-refractivity contribution >= 4 is 49.6 Å². The van der Waals surface area contributed by atoms with Gasteiger partial charge in [-0.15, -0.1) is 0 Å². The number of rotatable bonds is 2. The van der Waals surface area contributed by atoms with Gasteiger partial charge in [-0.25, -0.2) is 4.98 Å². The number of aromatic nitrogens is 2. The van der Waals surface area contributed by atoms with Crippen LogP contribution < -0.4 is 0 Å². The van der Waals surface area contributed by atoms with E-state index in [2.05, 4.69) is 111 Å². The molecule has 0 N–H and O–H groups in total. The molecule has 1 aliphatic rings. The molecule has 8 rings (SSSR count). The first kappa shape index (κ1) is 22.2. The van der Waals surface area contributed by atoms with Crippen molar-refractivity contribution in [3.63, 3.8) is 0 Å². The number of hydrogen-bond acceptors (Lipinski definition) is 3. The standard InChI is InChI=1S/C36H26N2O/c1-21-9-7-16-30-31-19-25(17-22(2)36(31)39-35(21)30)23-10-8-11-24(18-23)32-20-37-33-28-14-5-3-12-26(28)27-13-4-6-15-29(27)34(33)38-32/h3-8,10-21H,9H2,1-2H3. The van der Waals surface area contributed by atoms with E-state index in [1.54, 1.807) is 0 Å². The van der Waals surface area contributed by atoms with E-state index in [0.717, 1.165) is 62.0 Å². The minimum Gasteiger partial charge on any atom is -0.460 e. The Hall–Kier alpha value is -4.76. The SMILES string of the molecule is Cc1cc(-c2cccc(-c3cnc4c5ccccc5c5ccccc5c4n3)c2)cc2c3c(oc12)C(C)CC=C3. The van der Waals surface area contributed by atoms with Gasteiger partial charge in [0.25, 0.3) is 0 Å². The Morgan fingerprint density at radius 2 is 1.44 bits per heavy atom. The molecule has 39 heavy (non-hydrogen) atoms. The zero-order valence-corrected chi connectivity index (χ0v) is 21.9. The van der Waals surface area contributed by atoms with Crippen LogP contribution in [-0.2, 0) is 0 Å². The van der Waals surface area contributed by atoms with Crippen molar-refractivity contribution in [2.24, 2.45) is 0 Å². The summed E-state index contributed by atoms with van der Waals surface area (Å²) in [6.07, 6.45) is 7.42. The third-order valence-electron chi connectivity index (χ3n) is 8.18. The Bertz CT molecular complexity index is 2100.